The number of rotatable bonds is 6. The molecule has 0 atom stereocenters. The smallest absolute Gasteiger partial charge is 0.338 e. The van der Waals surface area contributed by atoms with Crippen LogP contribution in [0.5, 0.6) is 5.75 Å². The Labute approximate surface area is 135 Å². The van der Waals surface area contributed by atoms with Crippen LogP contribution in [0, 0.1) is 0 Å². The molecule has 0 N–H and O–H groups in total. The molecule has 0 saturated carbocycles. The molecular weight excluding hydrogens is 316 g/mol. The van der Waals surface area contributed by atoms with E-state index in [1.165, 1.54) is 19.2 Å². The van der Waals surface area contributed by atoms with Crippen molar-refractivity contribution in [2.45, 2.75) is 17.6 Å². The van der Waals surface area contributed by atoms with Crippen molar-refractivity contribution in [2.75, 3.05) is 13.7 Å². The highest BCUT2D eigenvalue weighted by molar-refractivity contribution is 7.90. The highest BCUT2D eigenvalue weighted by Crippen LogP contribution is 2.20. The molecule has 0 unspecified atom stereocenters. The summed E-state index contributed by atoms with van der Waals surface area (Å²) in [4.78, 5) is 11.8. The van der Waals surface area contributed by atoms with Gasteiger partial charge >= 0.3 is 5.97 Å². The molecule has 0 spiro atoms. The maximum absolute atomic E-state index is 12.4. The minimum absolute atomic E-state index is 0.136. The monoisotopic (exact) mass is 334 g/mol. The fraction of sp³-hybridized carbons (Fsp3) is 0.235. The summed E-state index contributed by atoms with van der Waals surface area (Å²) in [5, 5.41) is 0. The van der Waals surface area contributed by atoms with Crippen LogP contribution >= 0.6 is 0 Å². The molecule has 0 aromatic heterocycles. The number of hydrogen-bond acceptors (Lipinski definition) is 5. The van der Waals surface area contributed by atoms with E-state index >= 15 is 0 Å². The van der Waals surface area contributed by atoms with E-state index in [9.17, 15) is 13.2 Å². The molecule has 0 radical (unpaired) electrons. The summed E-state index contributed by atoms with van der Waals surface area (Å²) in [6.07, 6.45) is 0. The average molecular weight is 334 g/mol. The van der Waals surface area contributed by atoms with Crippen LogP contribution in [-0.2, 0) is 20.3 Å². The van der Waals surface area contributed by atoms with Gasteiger partial charge in [-0.1, -0.05) is 12.1 Å². The Morgan fingerprint density at radius 3 is 2.13 bits per heavy atom. The van der Waals surface area contributed by atoms with Crippen molar-refractivity contribution in [1.29, 1.82) is 0 Å². The number of carbonyl (C=O) groups excluding carboxylic acids is 1. The van der Waals surface area contributed by atoms with Gasteiger partial charge in [0.2, 0.25) is 0 Å². The van der Waals surface area contributed by atoms with Crippen molar-refractivity contribution in [3.8, 4) is 5.75 Å². The van der Waals surface area contributed by atoms with E-state index in [1.807, 2.05) is 0 Å². The molecule has 0 aliphatic rings. The predicted octanol–water partition coefficient (Wildman–Crippen LogP) is 2.85. The highest BCUT2D eigenvalue weighted by atomic mass is 32.2. The number of sulfone groups is 1. The minimum atomic E-state index is -3.45. The van der Waals surface area contributed by atoms with Crippen LogP contribution in [0.1, 0.15) is 22.8 Å². The van der Waals surface area contributed by atoms with E-state index in [4.69, 9.17) is 9.47 Å². The standard InChI is InChI=1S/C17H18O5S/c1-3-22-17(18)14-6-4-13(5-7-14)12-23(19,20)16-10-8-15(21-2)9-11-16/h4-11H,3,12H2,1-2H3. The molecule has 2 rings (SSSR count). The van der Waals surface area contributed by atoms with Crippen LogP contribution in [-0.4, -0.2) is 28.1 Å². The summed E-state index contributed by atoms with van der Waals surface area (Å²) in [5.74, 6) is 0.0439. The third kappa shape index (κ3) is 4.32. The topological polar surface area (TPSA) is 69.7 Å². The second kappa shape index (κ2) is 7.28. The van der Waals surface area contributed by atoms with E-state index in [0.717, 1.165) is 0 Å². The zero-order valence-electron chi connectivity index (χ0n) is 13.0. The first-order chi connectivity index (χ1) is 11.0. The van der Waals surface area contributed by atoms with E-state index < -0.39 is 15.8 Å². The Bertz CT molecular complexity index is 762. The van der Waals surface area contributed by atoms with Crippen LogP contribution in [0.25, 0.3) is 0 Å². The van der Waals surface area contributed by atoms with E-state index in [0.29, 0.717) is 23.5 Å². The largest absolute Gasteiger partial charge is 0.497 e. The number of hydrogen-bond donors (Lipinski definition) is 0. The lowest BCUT2D eigenvalue weighted by Gasteiger charge is -2.07. The van der Waals surface area contributed by atoms with Crippen molar-refractivity contribution >= 4 is 15.8 Å². The minimum Gasteiger partial charge on any atom is -0.497 e. The number of esters is 1. The summed E-state index contributed by atoms with van der Waals surface area (Å²) >= 11 is 0. The first-order valence-corrected chi connectivity index (χ1v) is 8.74. The van der Waals surface area contributed by atoms with Gasteiger partial charge in [-0.3, -0.25) is 0 Å². The normalized spacial score (nSPS) is 11.0. The molecule has 0 fully saturated rings. The first kappa shape index (κ1) is 17.0. The predicted molar refractivity (Wildman–Crippen MR) is 86.3 cm³/mol. The van der Waals surface area contributed by atoms with Crippen LogP contribution in [0.15, 0.2) is 53.4 Å². The molecule has 2 aromatic carbocycles. The van der Waals surface area contributed by atoms with Crippen LogP contribution in [0.3, 0.4) is 0 Å². The average Bonchev–Trinajstić information content (AvgIpc) is 2.55. The third-order valence-corrected chi connectivity index (χ3v) is 4.94. The zero-order chi connectivity index (χ0) is 16.9. The number of carbonyl (C=O) groups is 1. The zero-order valence-corrected chi connectivity index (χ0v) is 13.8. The van der Waals surface area contributed by atoms with Crippen LogP contribution < -0.4 is 4.74 Å². The van der Waals surface area contributed by atoms with Gasteiger partial charge in [0.05, 0.1) is 29.9 Å². The number of benzene rings is 2. The maximum atomic E-state index is 12.4. The first-order valence-electron chi connectivity index (χ1n) is 7.09. The van der Waals surface area contributed by atoms with E-state index in [-0.39, 0.29) is 10.6 Å². The molecule has 122 valence electrons. The van der Waals surface area contributed by atoms with Crippen LogP contribution in [0.4, 0.5) is 0 Å². The lowest BCUT2D eigenvalue weighted by atomic mass is 10.1. The van der Waals surface area contributed by atoms with Gasteiger partial charge < -0.3 is 9.47 Å². The van der Waals surface area contributed by atoms with Crippen molar-refractivity contribution < 1.29 is 22.7 Å². The molecule has 0 saturated heterocycles. The van der Waals surface area contributed by atoms with Crippen molar-refractivity contribution in [1.82, 2.24) is 0 Å². The Hall–Kier alpha value is -2.34. The molecular formula is C17H18O5S. The maximum Gasteiger partial charge on any atom is 0.338 e. The third-order valence-electron chi connectivity index (χ3n) is 3.24. The number of ether oxygens (including phenoxy) is 2. The summed E-state index contributed by atoms with van der Waals surface area (Å²) in [5.41, 5.74) is 1.01. The second-order valence-electron chi connectivity index (χ2n) is 4.85. The van der Waals surface area contributed by atoms with Gasteiger partial charge in [-0.05, 0) is 48.9 Å². The Morgan fingerprint density at radius 2 is 1.61 bits per heavy atom. The fourth-order valence-electron chi connectivity index (χ4n) is 2.04. The molecule has 5 nitrogen and oxygen atoms in total. The van der Waals surface area contributed by atoms with Crippen molar-refractivity contribution in [3.05, 3.63) is 59.7 Å². The molecule has 23 heavy (non-hydrogen) atoms. The SMILES string of the molecule is CCOC(=O)c1ccc(CS(=O)(=O)c2ccc(OC)cc2)cc1. The molecule has 2 aromatic rings. The highest BCUT2D eigenvalue weighted by Gasteiger charge is 2.16. The molecule has 0 bridgehead atoms. The Morgan fingerprint density at radius 1 is 1.00 bits per heavy atom. The van der Waals surface area contributed by atoms with Crippen LogP contribution in [0.2, 0.25) is 0 Å². The lowest BCUT2D eigenvalue weighted by molar-refractivity contribution is 0.0526. The summed E-state index contributed by atoms with van der Waals surface area (Å²) in [6, 6.07) is 12.6. The summed E-state index contributed by atoms with van der Waals surface area (Å²) < 4.78 is 34.7. The lowest BCUT2D eigenvalue weighted by Crippen LogP contribution is -2.07. The van der Waals surface area contributed by atoms with Crippen molar-refractivity contribution in [2.24, 2.45) is 0 Å². The Kier molecular flexibility index (Phi) is 5.39. The van der Waals surface area contributed by atoms with E-state index in [1.54, 1.807) is 43.3 Å². The molecule has 6 heteroatoms. The second-order valence-corrected chi connectivity index (χ2v) is 6.84. The Balaban J connectivity index is 2.15. The quantitative estimate of drug-likeness (QED) is 0.760. The van der Waals surface area contributed by atoms with Gasteiger partial charge in [0.1, 0.15) is 5.75 Å². The van der Waals surface area contributed by atoms with Gasteiger partial charge in [-0.15, -0.1) is 0 Å². The van der Waals surface area contributed by atoms with Gasteiger partial charge in [-0.25, -0.2) is 13.2 Å². The van der Waals surface area contributed by atoms with Gasteiger partial charge in [0, 0.05) is 0 Å². The summed E-state index contributed by atoms with van der Waals surface area (Å²) in [7, 11) is -1.93. The van der Waals surface area contributed by atoms with Gasteiger partial charge in [0.15, 0.2) is 9.84 Å². The van der Waals surface area contributed by atoms with Crippen molar-refractivity contribution in [3.63, 3.8) is 0 Å². The molecule has 0 amide bonds. The fourth-order valence-corrected chi connectivity index (χ4v) is 3.39. The van der Waals surface area contributed by atoms with E-state index in [2.05, 4.69) is 0 Å². The molecule has 0 heterocycles. The number of methoxy groups -OCH3 is 1. The van der Waals surface area contributed by atoms with Gasteiger partial charge in [0.25, 0.3) is 0 Å². The molecule has 0 aliphatic heterocycles. The summed E-state index contributed by atoms with van der Waals surface area (Å²) in [6.45, 7) is 2.03. The van der Waals surface area contributed by atoms with Gasteiger partial charge in [-0.2, -0.15) is 0 Å². The molecule has 0 aliphatic carbocycles.